The number of rotatable bonds is 4. The standard InChI is InChI=1S/C19H23NO5S/c1-25-19(24)15-13-9-3-2-4-10-14(13)26-17(15)20-16(21)11-7-5-6-8-12(11)18(22)23/h5-6,11-12H,2-4,7-10H2,1H3,(H,20,21)(H,22,23)/p-1/t11-,12+/m1/s1. The summed E-state index contributed by atoms with van der Waals surface area (Å²) in [6.45, 7) is 0. The monoisotopic (exact) mass is 376 g/mol. The zero-order valence-corrected chi connectivity index (χ0v) is 15.5. The van der Waals surface area contributed by atoms with Crippen molar-refractivity contribution in [1.82, 2.24) is 0 Å². The summed E-state index contributed by atoms with van der Waals surface area (Å²) in [6, 6.07) is 0. The molecule has 0 unspecified atom stereocenters. The lowest BCUT2D eigenvalue weighted by Gasteiger charge is -2.28. The summed E-state index contributed by atoms with van der Waals surface area (Å²) in [6.07, 6.45) is 9.06. The zero-order valence-electron chi connectivity index (χ0n) is 14.7. The molecule has 1 N–H and O–H groups in total. The average molecular weight is 376 g/mol. The molecule has 7 heteroatoms. The molecule has 2 aliphatic rings. The molecule has 0 saturated carbocycles. The Morgan fingerprint density at radius 3 is 2.50 bits per heavy atom. The van der Waals surface area contributed by atoms with Crippen molar-refractivity contribution in [3.05, 3.63) is 28.2 Å². The first-order chi connectivity index (χ1) is 12.5. The Morgan fingerprint density at radius 2 is 1.81 bits per heavy atom. The number of thiophene rings is 1. The number of fused-ring (bicyclic) bond motifs is 1. The number of ether oxygens (including phenoxy) is 1. The van der Waals surface area contributed by atoms with Gasteiger partial charge in [0, 0.05) is 16.8 Å². The molecule has 140 valence electrons. The van der Waals surface area contributed by atoms with Crippen molar-refractivity contribution in [2.45, 2.75) is 44.9 Å². The van der Waals surface area contributed by atoms with Crippen LogP contribution in [0.15, 0.2) is 12.2 Å². The molecule has 0 aromatic carbocycles. The van der Waals surface area contributed by atoms with Gasteiger partial charge in [-0.25, -0.2) is 4.79 Å². The lowest BCUT2D eigenvalue weighted by molar-refractivity contribution is -0.313. The third kappa shape index (κ3) is 3.67. The molecule has 0 radical (unpaired) electrons. The maximum absolute atomic E-state index is 12.7. The Labute approximate surface area is 156 Å². The highest BCUT2D eigenvalue weighted by molar-refractivity contribution is 7.17. The smallest absolute Gasteiger partial charge is 0.341 e. The van der Waals surface area contributed by atoms with Crippen molar-refractivity contribution < 1.29 is 24.2 Å². The Kier molecular flexibility index (Phi) is 5.76. The summed E-state index contributed by atoms with van der Waals surface area (Å²) in [5, 5.41) is 14.6. The molecule has 0 bridgehead atoms. The minimum atomic E-state index is -1.22. The number of esters is 1. The quantitative estimate of drug-likeness (QED) is 0.493. The number of amides is 1. The molecule has 2 aliphatic carbocycles. The van der Waals surface area contributed by atoms with Gasteiger partial charge in [-0.15, -0.1) is 11.3 Å². The van der Waals surface area contributed by atoms with E-state index in [4.69, 9.17) is 4.74 Å². The van der Waals surface area contributed by atoms with Gasteiger partial charge in [0.1, 0.15) is 5.00 Å². The van der Waals surface area contributed by atoms with E-state index in [1.807, 2.05) is 6.08 Å². The molecule has 6 nitrogen and oxygen atoms in total. The molecule has 2 atom stereocenters. The number of nitrogens with one attached hydrogen (secondary N) is 1. The molecule has 26 heavy (non-hydrogen) atoms. The van der Waals surface area contributed by atoms with Gasteiger partial charge >= 0.3 is 5.97 Å². The van der Waals surface area contributed by atoms with Crippen LogP contribution in [0.3, 0.4) is 0 Å². The van der Waals surface area contributed by atoms with E-state index in [-0.39, 0.29) is 12.3 Å². The van der Waals surface area contributed by atoms with Crippen molar-refractivity contribution in [3.8, 4) is 0 Å². The van der Waals surface area contributed by atoms with Crippen LogP contribution in [-0.4, -0.2) is 25.0 Å². The van der Waals surface area contributed by atoms with Gasteiger partial charge in [0.15, 0.2) is 0 Å². The summed E-state index contributed by atoms with van der Waals surface area (Å²) in [7, 11) is 1.33. The molecule has 0 aliphatic heterocycles. The second kappa shape index (κ2) is 8.03. The lowest BCUT2D eigenvalue weighted by atomic mass is 9.82. The first-order valence-electron chi connectivity index (χ1n) is 8.92. The largest absolute Gasteiger partial charge is 0.550 e. The molecule has 1 aromatic rings. The lowest BCUT2D eigenvalue weighted by Crippen LogP contribution is -2.41. The molecule has 0 fully saturated rings. The number of carboxylic acids is 1. The molecular formula is C19H22NO5S-. The van der Waals surface area contributed by atoms with Gasteiger partial charge in [0.05, 0.1) is 18.6 Å². The van der Waals surface area contributed by atoms with Gasteiger partial charge in [-0.3, -0.25) is 4.79 Å². The Hall–Kier alpha value is -2.15. The predicted octanol–water partition coefficient (Wildman–Crippen LogP) is 2.07. The molecule has 0 spiro atoms. The summed E-state index contributed by atoms with van der Waals surface area (Å²) in [4.78, 5) is 37.5. The van der Waals surface area contributed by atoms with E-state index in [0.29, 0.717) is 17.0 Å². The molecule has 1 aromatic heterocycles. The van der Waals surface area contributed by atoms with Crippen molar-refractivity contribution in [2.24, 2.45) is 11.8 Å². The van der Waals surface area contributed by atoms with E-state index < -0.39 is 23.8 Å². The number of aryl methyl sites for hydroxylation is 1. The highest BCUT2D eigenvalue weighted by atomic mass is 32.1. The molecular weight excluding hydrogens is 354 g/mol. The van der Waals surface area contributed by atoms with Crippen LogP contribution in [0.5, 0.6) is 0 Å². The van der Waals surface area contributed by atoms with Crippen LogP contribution < -0.4 is 10.4 Å². The van der Waals surface area contributed by atoms with Gasteiger partial charge in [-0.05, 0) is 44.1 Å². The number of anilines is 1. The predicted molar refractivity (Wildman–Crippen MR) is 95.9 cm³/mol. The van der Waals surface area contributed by atoms with Crippen molar-refractivity contribution >= 4 is 34.2 Å². The molecule has 1 heterocycles. The Bertz CT molecular complexity index is 751. The van der Waals surface area contributed by atoms with E-state index in [0.717, 1.165) is 42.5 Å². The molecule has 3 rings (SSSR count). The first-order valence-corrected chi connectivity index (χ1v) is 9.74. The van der Waals surface area contributed by atoms with Crippen molar-refractivity contribution in [2.75, 3.05) is 12.4 Å². The number of methoxy groups -OCH3 is 1. The summed E-state index contributed by atoms with van der Waals surface area (Å²) in [5.74, 6) is -3.61. The highest BCUT2D eigenvalue weighted by Crippen LogP contribution is 2.38. The fourth-order valence-electron chi connectivity index (χ4n) is 3.72. The topological polar surface area (TPSA) is 95.5 Å². The van der Waals surface area contributed by atoms with E-state index in [9.17, 15) is 19.5 Å². The van der Waals surface area contributed by atoms with E-state index >= 15 is 0 Å². The highest BCUT2D eigenvalue weighted by Gasteiger charge is 2.32. The van der Waals surface area contributed by atoms with Gasteiger partial charge < -0.3 is 20.0 Å². The van der Waals surface area contributed by atoms with Crippen LogP contribution >= 0.6 is 11.3 Å². The fraction of sp³-hybridized carbons (Fsp3) is 0.526. The number of hydrogen-bond donors (Lipinski definition) is 1. The maximum Gasteiger partial charge on any atom is 0.341 e. The van der Waals surface area contributed by atoms with Crippen LogP contribution in [0.1, 0.15) is 52.9 Å². The molecule has 0 saturated heterocycles. The van der Waals surface area contributed by atoms with Crippen molar-refractivity contribution in [1.29, 1.82) is 0 Å². The van der Waals surface area contributed by atoms with Crippen LogP contribution in [0.25, 0.3) is 0 Å². The second-order valence-corrected chi connectivity index (χ2v) is 7.83. The van der Waals surface area contributed by atoms with Crippen LogP contribution in [-0.2, 0) is 27.2 Å². The number of aliphatic carboxylic acids is 1. The van der Waals surface area contributed by atoms with Gasteiger partial charge in [-0.1, -0.05) is 18.6 Å². The average Bonchev–Trinajstić information content (AvgIpc) is 2.81. The SMILES string of the molecule is COC(=O)c1c(NC(=O)[C@@H]2CC=CC[C@@H]2C(=O)[O-])sc2c1CCCCC2. The first kappa shape index (κ1) is 18.6. The van der Waals surface area contributed by atoms with E-state index in [1.165, 1.54) is 18.4 Å². The summed E-state index contributed by atoms with van der Waals surface area (Å²) >= 11 is 1.41. The minimum absolute atomic E-state index is 0.283. The third-order valence-corrected chi connectivity index (χ3v) is 6.33. The number of allylic oxidation sites excluding steroid dienone is 2. The van der Waals surface area contributed by atoms with Gasteiger partial charge in [0.25, 0.3) is 0 Å². The van der Waals surface area contributed by atoms with Gasteiger partial charge in [-0.2, -0.15) is 0 Å². The van der Waals surface area contributed by atoms with Crippen LogP contribution in [0, 0.1) is 11.8 Å². The number of carbonyl (C=O) groups is 3. The zero-order chi connectivity index (χ0) is 18.7. The minimum Gasteiger partial charge on any atom is -0.550 e. The van der Waals surface area contributed by atoms with E-state index in [2.05, 4.69) is 5.32 Å². The van der Waals surface area contributed by atoms with Crippen LogP contribution in [0.2, 0.25) is 0 Å². The number of carbonyl (C=O) groups excluding carboxylic acids is 3. The summed E-state index contributed by atoms with van der Waals surface area (Å²) < 4.78 is 4.93. The Morgan fingerprint density at radius 1 is 1.12 bits per heavy atom. The second-order valence-electron chi connectivity index (χ2n) is 6.72. The fourth-order valence-corrected chi connectivity index (χ4v) is 5.00. The van der Waals surface area contributed by atoms with Crippen LogP contribution in [0.4, 0.5) is 5.00 Å². The third-order valence-electron chi connectivity index (χ3n) is 5.12. The summed E-state index contributed by atoms with van der Waals surface area (Å²) in [5.41, 5.74) is 1.40. The van der Waals surface area contributed by atoms with Crippen molar-refractivity contribution in [3.63, 3.8) is 0 Å². The Balaban J connectivity index is 1.89. The van der Waals surface area contributed by atoms with Gasteiger partial charge in [0.2, 0.25) is 5.91 Å². The maximum atomic E-state index is 12.7. The van der Waals surface area contributed by atoms with E-state index in [1.54, 1.807) is 6.08 Å². The number of hydrogen-bond acceptors (Lipinski definition) is 6. The normalized spacial score (nSPS) is 22.2. The molecule has 1 amide bonds. The number of carboxylic acid groups (broad SMARTS) is 1.